The first-order chi connectivity index (χ1) is 6.59. The number of aliphatic hydroxyl groups excluding tert-OH is 1. The Labute approximate surface area is 84.3 Å². The second kappa shape index (κ2) is 5.32. The number of hydrogen-bond donors (Lipinski definition) is 3. The molecule has 4 nitrogen and oxygen atoms in total. The van der Waals surface area contributed by atoms with Gasteiger partial charge in [-0.15, -0.1) is 0 Å². The van der Waals surface area contributed by atoms with Gasteiger partial charge in [-0.1, -0.05) is 0 Å². The van der Waals surface area contributed by atoms with Crippen molar-refractivity contribution in [2.45, 2.75) is 44.8 Å². The zero-order valence-electron chi connectivity index (χ0n) is 8.57. The van der Waals surface area contributed by atoms with Crippen molar-refractivity contribution in [1.82, 2.24) is 5.32 Å². The van der Waals surface area contributed by atoms with E-state index in [1.807, 2.05) is 0 Å². The van der Waals surface area contributed by atoms with Crippen LogP contribution < -0.4 is 5.32 Å². The quantitative estimate of drug-likeness (QED) is 0.623. The number of carboxylic acids is 1. The van der Waals surface area contributed by atoms with Crippen molar-refractivity contribution in [3.63, 3.8) is 0 Å². The van der Waals surface area contributed by atoms with Crippen LogP contribution in [-0.2, 0) is 4.79 Å². The van der Waals surface area contributed by atoms with Gasteiger partial charge in [-0.3, -0.25) is 4.79 Å². The van der Waals surface area contributed by atoms with Crippen LogP contribution in [0.1, 0.15) is 32.6 Å². The van der Waals surface area contributed by atoms with Gasteiger partial charge in [0.1, 0.15) is 0 Å². The summed E-state index contributed by atoms with van der Waals surface area (Å²) in [6.45, 7) is 2.35. The Balaban J connectivity index is 2.19. The summed E-state index contributed by atoms with van der Waals surface area (Å²) in [7, 11) is 0. The molecule has 0 saturated heterocycles. The molecule has 3 N–H and O–H groups in total. The van der Waals surface area contributed by atoms with Gasteiger partial charge in [0.2, 0.25) is 0 Å². The number of carboxylic acid groups (broad SMARTS) is 1. The first kappa shape index (κ1) is 11.5. The van der Waals surface area contributed by atoms with E-state index in [4.69, 9.17) is 10.2 Å². The Bertz CT molecular complexity index is 186. The molecule has 1 fully saturated rings. The topological polar surface area (TPSA) is 69.6 Å². The van der Waals surface area contributed by atoms with Gasteiger partial charge in [0.25, 0.3) is 0 Å². The Morgan fingerprint density at radius 2 is 2.00 bits per heavy atom. The maximum Gasteiger partial charge on any atom is 0.306 e. The van der Waals surface area contributed by atoms with Crippen molar-refractivity contribution in [3.8, 4) is 0 Å². The van der Waals surface area contributed by atoms with Gasteiger partial charge in [0, 0.05) is 12.6 Å². The normalized spacial score (nSPS) is 29.9. The summed E-state index contributed by atoms with van der Waals surface area (Å²) < 4.78 is 0. The average Bonchev–Trinajstić information content (AvgIpc) is 2.15. The van der Waals surface area contributed by atoms with Crippen molar-refractivity contribution in [2.24, 2.45) is 5.92 Å². The van der Waals surface area contributed by atoms with Gasteiger partial charge in [0.05, 0.1) is 12.0 Å². The van der Waals surface area contributed by atoms with Crippen molar-refractivity contribution in [1.29, 1.82) is 0 Å². The lowest BCUT2D eigenvalue weighted by Crippen LogP contribution is -2.38. The lowest BCUT2D eigenvalue weighted by Gasteiger charge is -2.27. The molecule has 0 aliphatic heterocycles. The van der Waals surface area contributed by atoms with Crippen LogP contribution in [0.4, 0.5) is 0 Å². The van der Waals surface area contributed by atoms with Crippen LogP contribution in [0.3, 0.4) is 0 Å². The van der Waals surface area contributed by atoms with E-state index in [-0.39, 0.29) is 12.0 Å². The summed E-state index contributed by atoms with van der Waals surface area (Å²) >= 11 is 0. The summed E-state index contributed by atoms with van der Waals surface area (Å²) in [5.74, 6) is -0.821. The minimum absolute atomic E-state index is 0.153. The van der Waals surface area contributed by atoms with Crippen LogP contribution in [0.15, 0.2) is 0 Å². The van der Waals surface area contributed by atoms with Gasteiger partial charge in [-0.05, 0) is 32.6 Å². The van der Waals surface area contributed by atoms with Crippen LogP contribution >= 0.6 is 0 Å². The maximum atomic E-state index is 10.7. The minimum atomic E-state index is -0.668. The highest BCUT2D eigenvalue weighted by Gasteiger charge is 2.25. The third-order valence-corrected chi connectivity index (χ3v) is 2.78. The van der Waals surface area contributed by atoms with Crippen molar-refractivity contribution in [3.05, 3.63) is 0 Å². The Morgan fingerprint density at radius 3 is 2.43 bits per heavy atom. The third-order valence-electron chi connectivity index (χ3n) is 2.78. The second-order valence-electron chi connectivity index (χ2n) is 4.14. The molecule has 1 atom stereocenters. The minimum Gasteiger partial charge on any atom is -0.481 e. The van der Waals surface area contributed by atoms with Crippen LogP contribution in [0, 0.1) is 5.92 Å². The van der Waals surface area contributed by atoms with Crippen LogP contribution in [0.5, 0.6) is 0 Å². The van der Waals surface area contributed by atoms with Crippen LogP contribution in [-0.4, -0.2) is 34.9 Å². The number of carbonyl (C=O) groups is 1. The molecule has 1 aliphatic carbocycles. The molecule has 0 heterocycles. The predicted octanol–water partition coefficient (Wildman–Crippen LogP) is 0.600. The number of aliphatic hydroxyl groups is 1. The highest BCUT2D eigenvalue weighted by atomic mass is 16.4. The molecule has 1 unspecified atom stereocenters. The summed E-state index contributed by atoms with van der Waals surface area (Å²) in [6.07, 6.45) is 3.00. The molecule has 1 aliphatic rings. The highest BCUT2D eigenvalue weighted by molar-refractivity contribution is 5.70. The fourth-order valence-corrected chi connectivity index (χ4v) is 1.88. The molecule has 0 aromatic heterocycles. The fourth-order valence-electron chi connectivity index (χ4n) is 1.88. The van der Waals surface area contributed by atoms with Gasteiger partial charge in [-0.2, -0.15) is 0 Å². The highest BCUT2D eigenvalue weighted by Crippen LogP contribution is 2.24. The van der Waals surface area contributed by atoms with Gasteiger partial charge < -0.3 is 15.5 Å². The Kier molecular flexibility index (Phi) is 4.35. The lowest BCUT2D eigenvalue weighted by molar-refractivity contribution is -0.142. The zero-order chi connectivity index (χ0) is 10.6. The molecular weight excluding hydrogens is 182 g/mol. The molecule has 4 heteroatoms. The van der Waals surface area contributed by atoms with E-state index in [2.05, 4.69) is 5.32 Å². The fraction of sp³-hybridized carbons (Fsp3) is 0.900. The average molecular weight is 201 g/mol. The molecule has 0 spiro atoms. The molecular formula is C10H19NO3. The van der Waals surface area contributed by atoms with E-state index in [0.29, 0.717) is 12.6 Å². The third kappa shape index (κ3) is 3.64. The largest absolute Gasteiger partial charge is 0.481 e. The van der Waals surface area contributed by atoms with Crippen LogP contribution in [0.2, 0.25) is 0 Å². The number of nitrogens with one attached hydrogen (secondary N) is 1. The molecule has 82 valence electrons. The molecule has 0 aromatic rings. The van der Waals surface area contributed by atoms with Crippen molar-refractivity contribution < 1.29 is 15.0 Å². The number of hydrogen-bond acceptors (Lipinski definition) is 3. The number of aliphatic carboxylic acids is 1. The van der Waals surface area contributed by atoms with E-state index in [9.17, 15) is 4.79 Å². The molecule has 1 saturated carbocycles. The molecule has 1 rings (SSSR count). The number of rotatable bonds is 4. The van der Waals surface area contributed by atoms with Crippen LogP contribution in [0.25, 0.3) is 0 Å². The maximum absolute atomic E-state index is 10.7. The Morgan fingerprint density at radius 1 is 1.43 bits per heavy atom. The van der Waals surface area contributed by atoms with E-state index < -0.39 is 5.97 Å². The predicted molar refractivity (Wildman–Crippen MR) is 53.1 cm³/mol. The smallest absolute Gasteiger partial charge is 0.306 e. The first-order valence-electron chi connectivity index (χ1n) is 5.24. The zero-order valence-corrected chi connectivity index (χ0v) is 8.57. The molecule has 0 amide bonds. The second-order valence-corrected chi connectivity index (χ2v) is 4.14. The van der Waals surface area contributed by atoms with Gasteiger partial charge >= 0.3 is 5.97 Å². The summed E-state index contributed by atoms with van der Waals surface area (Å²) in [4.78, 5) is 10.7. The first-order valence-corrected chi connectivity index (χ1v) is 5.24. The summed E-state index contributed by atoms with van der Waals surface area (Å²) in [5, 5.41) is 21.1. The summed E-state index contributed by atoms with van der Waals surface area (Å²) in [5.41, 5.74) is 0. The molecule has 0 bridgehead atoms. The van der Waals surface area contributed by atoms with Gasteiger partial charge in [0.15, 0.2) is 0 Å². The molecule has 0 radical (unpaired) electrons. The van der Waals surface area contributed by atoms with E-state index >= 15 is 0 Å². The molecule has 0 aromatic carbocycles. The SMILES string of the molecule is CC(O)CNC1CCC(C(=O)O)CC1. The Hall–Kier alpha value is -0.610. The van der Waals surface area contributed by atoms with E-state index in [0.717, 1.165) is 25.7 Å². The van der Waals surface area contributed by atoms with E-state index in [1.165, 1.54) is 0 Å². The van der Waals surface area contributed by atoms with Crippen molar-refractivity contribution in [2.75, 3.05) is 6.54 Å². The monoisotopic (exact) mass is 201 g/mol. The van der Waals surface area contributed by atoms with Gasteiger partial charge in [-0.25, -0.2) is 0 Å². The summed E-state index contributed by atoms with van der Waals surface area (Å²) in [6, 6.07) is 0.389. The van der Waals surface area contributed by atoms with E-state index in [1.54, 1.807) is 6.92 Å². The standard InChI is InChI=1S/C10H19NO3/c1-7(12)6-11-9-4-2-8(3-5-9)10(13)14/h7-9,11-12H,2-6H2,1H3,(H,13,14). The van der Waals surface area contributed by atoms with Crippen molar-refractivity contribution >= 4 is 5.97 Å². The molecule has 14 heavy (non-hydrogen) atoms. The lowest BCUT2D eigenvalue weighted by atomic mass is 9.86.